The summed E-state index contributed by atoms with van der Waals surface area (Å²) in [7, 11) is 1.57. The number of likely N-dealkylation sites (tertiary alicyclic amines) is 1. The van der Waals surface area contributed by atoms with Gasteiger partial charge in [-0.15, -0.1) is 0 Å². The van der Waals surface area contributed by atoms with Crippen LogP contribution < -0.4 is 14.8 Å². The van der Waals surface area contributed by atoms with Crippen molar-refractivity contribution in [3.8, 4) is 11.5 Å². The number of piperidine rings is 1. The van der Waals surface area contributed by atoms with Crippen molar-refractivity contribution in [3.63, 3.8) is 0 Å². The molecular weight excluding hydrogens is 372 g/mol. The van der Waals surface area contributed by atoms with Crippen LogP contribution >= 0.6 is 0 Å². The van der Waals surface area contributed by atoms with Gasteiger partial charge in [-0.05, 0) is 37.0 Å². The van der Waals surface area contributed by atoms with Crippen LogP contribution in [0.25, 0.3) is 0 Å². The first-order valence-electron chi connectivity index (χ1n) is 9.91. The number of ether oxygens (including phenoxy) is 2. The SMILES string of the molecule is COc1ccc2c(c1)O[C@]1(CCCN(C(=O)c3cc(C(C)C)[nH]n3)C1)CNC2=O. The molecule has 8 heteroatoms. The fourth-order valence-corrected chi connectivity index (χ4v) is 3.91. The van der Waals surface area contributed by atoms with E-state index >= 15 is 0 Å². The topological polar surface area (TPSA) is 96.6 Å². The number of nitrogens with zero attached hydrogens (tertiary/aromatic N) is 2. The molecule has 4 rings (SSSR count). The van der Waals surface area contributed by atoms with Crippen LogP contribution in [0.1, 0.15) is 59.1 Å². The summed E-state index contributed by atoms with van der Waals surface area (Å²) in [5.74, 6) is 1.06. The summed E-state index contributed by atoms with van der Waals surface area (Å²) >= 11 is 0. The molecule has 8 nitrogen and oxygen atoms in total. The van der Waals surface area contributed by atoms with E-state index in [1.807, 2.05) is 19.9 Å². The summed E-state index contributed by atoms with van der Waals surface area (Å²) in [4.78, 5) is 27.3. The Balaban J connectivity index is 1.59. The van der Waals surface area contributed by atoms with Crippen molar-refractivity contribution in [2.45, 2.75) is 38.2 Å². The van der Waals surface area contributed by atoms with E-state index in [9.17, 15) is 9.59 Å². The predicted octanol–water partition coefficient (Wildman–Crippen LogP) is 2.34. The molecule has 2 amide bonds. The van der Waals surface area contributed by atoms with E-state index in [2.05, 4.69) is 15.5 Å². The average Bonchev–Trinajstić information content (AvgIpc) is 3.18. The van der Waals surface area contributed by atoms with Gasteiger partial charge in [0.15, 0.2) is 0 Å². The first kappa shape index (κ1) is 19.3. The van der Waals surface area contributed by atoms with E-state index in [-0.39, 0.29) is 17.7 Å². The maximum Gasteiger partial charge on any atom is 0.274 e. The van der Waals surface area contributed by atoms with Crippen molar-refractivity contribution in [2.75, 3.05) is 26.7 Å². The lowest BCUT2D eigenvalue weighted by Gasteiger charge is -2.41. The Morgan fingerprint density at radius 1 is 1.34 bits per heavy atom. The van der Waals surface area contributed by atoms with Crippen molar-refractivity contribution >= 4 is 11.8 Å². The summed E-state index contributed by atoms with van der Waals surface area (Å²) in [5.41, 5.74) is 1.13. The van der Waals surface area contributed by atoms with Crippen LogP contribution in [0, 0.1) is 0 Å². The first-order chi connectivity index (χ1) is 13.9. The second-order valence-electron chi connectivity index (χ2n) is 8.02. The molecule has 2 aromatic rings. The van der Waals surface area contributed by atoms with Gasteiger partial charge in [0.05, 0.1) is 25.8 Å². The Kier molecular flexibility index (Phi) is 4.94. The van der Waals surface area contributed by atoms with Gasteiger partial charge in [0, 0.05) is 18.3 Å². The molecule has 1 spiro atoms. The molecule has 1 saturated heterocycles. The zero-order valence-electron chi connectivity index (χ0n) is 16.9. The van der Waals surface area contributed by atoms with Crippen LogP contribution in [0.15, 0.2) is 24.3 Å². The quantitative estimate of drug-likeness (QED) is 0.827. The van der Waals surface area contributed by atoms with E-state index < -0.39 is 5.60 Å². The second kappa shape index (κ2) is 7.42. The highest BCUT2D eigenvalue weighted by Crippen LogP contribution is 2.34. The lowest BCUT2D eigenvalue weighted by atomic mass is 9.92. The molecular formula is C21H26N4O4. The number of aromatic amines is 1. The minimum atomic E-state index is -0.682. The van der Waals surface area contributed by atoms with Gasteiger partial charge in [-0.3, -0.25) is 14.7 Å². The molecule has 0 radical (unpaired) electrons. The van der Waals surface area contributed by atoms with Crippen LogP contribution in [-0.2, 0) is 0 Å². The molecule has 2 N–H and O–H groups in total. The van der Waals surface area contributed by atoms with E-state index in [4.69, 9.17) is 9.47 Å². The smallest absolute Gasteiger partial charge is 0.274 e. The number of nitrogens with one attached hydrogen (secondary N) is 2. The Morgan fingerprint density at radius 2 is 2.17 bits per heavy atom. The summed E-state index contributed by atoms with van der Waals surface area (Å²) in [6.45, 7) is 5.45. The van der Waals surface area contributed by atoms with E-state index in [1.165, 1.54) is 0 Å². The fraction of sp³-hybridized carbons (Fsp3) is 0.476. The van der Waals surface area contributed by atoms with Gasteiger partial charge in [0.25, 0.3) is 11.8 Å². The molecule has 2 aliphatic rings. The number of rotatable bonds is 3. The Morgan fingerprint density at radius 3 is 2.90 bits per heavy atom. The molecule has 3 heterocycles. The third kappa shape index (κ3) is 3.66. The number of methoxy groups -OCH3 is 1. The largest absolute Gasteiger partial charge is 0.497 e. The Bertz CT molecular complexity index is 939. The molecule has 0 bridgehead atoms. The Labute approximate surface area is 169 Å². The average molecular weight is 398 g/mol. The highest BCUT2D eigenvalue weighted by Gasteiger charge is 2.42. The third-order valence-corrected chi connectivity index (χ3v) is 5.60. The summed E-state index contributed by atoms with van der Waals surface area (Å²) in [6.07, 6.45) is 1.52. The van der Waals surface area contributed by atoms with Crippen LogP contribution in [0.3, 0.4) is 0 Å². The maximum absolute atomic E-state index is 13.0. The van der Waals surface area contributed by atoms with Gasteiger partial charge in [0.1, 0.15) is 22.8 Å². The fourth-order valence-electron chi connectivity index (χ4n) is 3.91. The van der Waals surface area contributed by atoms with Gasteiger partial charge < -0.3 is 19.7 Å². The number of aromatic nitrogens is 2. The van der Waals surface area contributed by atoms with Crippen molar-refractivity contribution in [1.29, 1.82) is 0 Å². The Hall–Kier alpha value is -3.03. The maximum atomic E-state index is 13.0. The lowest BCUT2D eigenvalue weighted by molar-refractivity contribution is -0.00118. The molecule has 0 unspecified atom stereocenters. The van der Waals surface area contributed by atoms with Crippen molar-refractivity contribution < 1.29 is 19.1 Å². The number of H-pyrrole nitrogens is 1. The second-order valence-corrected chi connectivity index (χ2v) is 8.02. The molecule has 1 aromatic heterocycles. The molecule has 1 aromatic carbocycles. The number of amides is 2. The molecule has 154 valence electrons. The predicted molar refractivity (Wildman–Crippen MR) is 107 cm³/mol. The van der Waals surface area contributed by atoms with Gasteiger partial charge >= 0.3 is 0 Å². The molecule has 0 aliphatic carbocycles. The highest BCUT2D eigenvalue weighted by atomic mass is 16.5. The molecule has 2 aliphatic heterocycles. The standard InChI is InChI=1S/C21H26N4O4/c1-13(2)16-10-17(24-23-16)20(27)25-8-4-7-21(12-25)11-22-19(26)15-6-5-14(28-3)9-18(15)29-21/h5-6,9-10,13H,4,7-8,11-12H2,1-3H3,(H,22,26)(H,23,24)/t21-/m1/s1. The first-order valence-corrected chi connectivity index (χ1v) is 9.91. The zero-order valence-corrected chi connectivity index (χ0v) is 16.9. The molecule has 1 fully saturated rings. The number of fused-ring (bicyclic) bond motifs is 1. The summed E-state index contributed by atoms with van der Waals surface area (Å²) in [6, 6.07) is 6.97. The van der Waals surface area contributed by atoms with E-state index in [0.29, 0.717) is 42.4 Å². The van der Waals surface area contributed by atoms with Crippen molar-refractivity contribution in [2.24, 2.45) is 0 Å². The van der Waals surface area contributed by atoms with Crippen LogP contribution in [-0.4, -0.2) is 59.3 Å². The van der Waals surface area contributed by atoms with Crippen LogP contribution in [0.4, 0.5) is 0 Å². The normalized spacial score (nSPS) is 21.4. The van der Waals surface area contributed by atoms with Gasteiger partial charge in [-0.2, -0.15) is 5.10 Å². The molecule has 0 saturated carbocycles. The van der Waals surface area contributed by atoms with Gasteiger partial charge in [-0.25, -0.2) is 0 Å². The van der Waals surface area contributed by atoms with E-state index in [1.54, 1.807) is 30.2 Å². The van der Waals surface area contributed by atoms with Crippen LogP contribution in [0.2, 0.25) is 0 Å². The van der Waals surface area contributed by atoms with Crippen molar-refractivity contribution in [1.82, 2.24) is 20.4 Å². The number of benzene rings is 1. The van der Waals surface area contributed by atoms with E-state index in [0.717, 1.165) is 18.5 Å². The number of hydrogen-bond donors (Lipinski definition) is 2. The minimum Gasteiger partial charge on any atom is -0.497 e. The van der Waals surface area contributed by atoms with Crippen molar-refractivity contribution in [3.05, 3.63) is 41.2 Å². The molecule has 1 atom stereocenters. The highest BCUT2D eigenvalue weighted by molar-refractivity contribution is 5.97. The lowest BCUT2D eigenvalue weighted by Crippen LogP contribution is -2.57. The minimum absolute atomic E-state index is 0.128. The summed E-state index contributed by atoms with van der Waals surface area (Å²) in [5, 5.41) is 10.1. The number of carbonyl (C=O) groups is 2. The number of carbonyl (C=O) groups excluding carboxylic acids is 2. The van der Waals surface area contributed by atoms with Gasteiger partial charge in [0.2, 0.25) is 0 Å². The molecule has 29 heavy (non-hydrogen) atoms. The van der Waals surface area contributed by atoms with Crippen LogP contribution in [0.5, 0.6) is 11.5 Å². The van der Waals surface area contributed by atoms with Gasteiger partial charge in [-0.1, -0.05) is 13.8 Å². The number of hydrogen-bond acceptors (Lipinski definition) is 5. The monoisotopic (exact) mass is 398 g/mol. The third-order valence-electron chi connectivity index (χ3n) is 5.60. The zero-order chi connectivity index (χ0) is 20.6. The summed E-state index contributed by atoms with van der Waals surface area (Å²) < 4.78 is 11.7.